The molecule has 4 unspecified atom stereocenters. The van der Waals surface area contributed by atoms with Gasteiger partial charge in [0.25, 0.3) is 0 Å². The van der Waals surface area contributed by atoms with Crippen LogP contribution in [0.2, 0.25) is 0 Å². The molecule has 0 fully saturated rings. The maximum atomic E-state index is 11.5. The van der Waals surface area contributed by atoms with Gasteiger partial charge in [0.15, 0.2) is 0 Å². The van der Waals surface area contributed by atoms with Gasteiger partial charge >= 0.3 is 0 Å². The van der Waals surface area contributed by atoms with Crippen molar-refractivity contribution in [3.8, 4) is 56.9 Å². The van der Waals surface area contributed by atoms with Crippen molar-refractivity contribution in [2.24, 2.45) is 21.8 Å². The molecule has 7 aromatic carbocycles. The fourth-order valence-corrected chi connectivity index (χ4v) is 12.0. The standard InChI is InChI=1S/C68H48N6/c69-41-57-61(53-36-34-51-55(43-20-7-1-8-21-43)39-59(45-24-11-3-12-25-45)71-65(51)67(53)73-63(57)47-28-15-5-16-29-47)49-32-19-33-50(38-49)62-54-37-35-52-56(44-22-9-2-10-23-44)40-60(46-26-13-4-14-27-46)72-66(52)68(54)74-64(58(62)42-70)48-30-17-6-18-31-48/h1-33,38-40,57-58,61-62H,34-37H2. The van der Waals surface area contributed by atoms with Gasteiger partial charge in [-0.3, -0.25) is 0 Å². The molecule has 9 aromatic rings. The SMILES string of the molecule is N#CC1C(c2ccccc2)=NC2=C(CCc3c(-c4ccccc4)cc(-c4ccccc4)nc32)C1c1cccc(C2C3=C(N=C(c4ccccc4)C2C#N)c2nc(-c4ccccc4)cc(-c4ccccc4)c2CC3)c1. The van der Waals surface area contributed by atoms with E-state index in [2.05, 4.69) is 182 Å². The van der Waals surface area contributed by atoms with Crippen molar-refractivity contribution in [2.75, 3.05) is 0 Å². The number of nitriles is 2. The van der Waals surface area contributed by atoms with E-state index in [1.807, 2.05) is 48.5 Å². The Morgan fingerprint density at radius 2 is 0.689 bits per heavy atom. The fourth-order valence-electron chi connectivity index (χ4n) is 12.0. The van der Waals surface area contributed by atoms with Crippen LogP contribution >= 0.6 is 0 Å². The molecule has 0 N–H and O–H groups in total. The summed E-state index contributed by atoms with van der Waals surface area (Å²) in [6.07, 6.45) is 2.93. The first kappa shape index (κ1) is 44.6. The largest absolute Gasteiger partial charge is 0.249 e. The number of aliphatic imine (C=N–C) groups is 2. The van der Waals surface area contributed by atoms with Crippen LogP contribution < -0.4 is 0 Å². The number of fused-ring (bicyclic) bond motifs is 4. The van der Waals surface area contributed by atoms with Gasteiger partial charge in [0.05, 0.1) is 69.6 Å². The van der Waals surface area contributed by atoms with Crippen molar-refractivity contribution in [3.05, 3.63) is 274 Å². The molecule has 4 heterocycles. The molecule has 2 aliphatic carbocycles. The number of benzene rings is 7. The predicted molar refractivity (Wildman–Crippen MR) is 297 cm³/mol. The monoisotopic (exact) mass is 948 g/mol. The van der Waals surface area contributed by atoms with E-state index in [0.29, 0.717) is 12.8 Å². The first-order chi connectivity index (χ1) is 36.6. The summed E-state index contributed by atoms with van der Waals surface area (Å²) in [5.74, 6) is -1.86. The Kier molecular flexibility index (Phi) is 11.4. The van der Waals surface area contributed by atoms with Crippen molar-refractivity contribution in [1.29, 1.82) is 10.5 Å². The number of rotatable bonds is 8. The molecule has 74 heavy (non-hydrogen) atoms. The highest BCUT2D eigenvalue weighted by Gasteiger charge is 2.43. The summed E-state index contributed by atoms with van der Waals surface area (Å²) in [7, 11) is 0. The summed E-state index contributed by atoms with van der Waals surface area (Å²) in [6.45, 7) is 0. The van der Waals surface area contributed by atoms with Gasteiger partial charge in [0.1, 0.15) is 0 Å². The summed E-state index contributed by atoms with van der Waals surface area (Å²) in [4.78, 5) is 22.2. The van der Waals surface area contributed by atoms with Crippen LogP contribution in [0.5, 0.6) is 0 Å². The third-order valence-electron chi connectivity index (χ3n) is 15.4. The lowest BCUT2D eigenvalue weighted by atomic mass is 9.68. The molecule has 2 aliphatic heterocycles. The molecule has 0 radical (unpaired) electrons. The highest BCUT2D eigenvalue weighted by atomic mass is 14.9. The fraction of sp³-hybridized carbons (Fsp3) is 0.118. The lowest BCUT2D eigenvalue weighted by molar-refractivity contribution is 0.644. The lowest BCUT2D eigenvalue weighted by Crippen LogP contribution is -2.31. The minimum Gasteiger partial charge on any atom is -0.249 e. The first-order valence-corrected chi connectivity index (χ1v) is 25.6. The second-order valence-electron chi connectivity index (χ2n) is 19.5. The van der Waals surface area contributed by atoms with Gasteiger partial charge in [0.2, 0.25) is 0 Å². The quantitative estimate of drug-likeness (QED) is 0.151. The summed E-state index contributed by atoms with van der Waals surface area (Å²) in [5.41, 5.74) is 21.7. The first-order valence-electron chi connectivity index (χ1n) is 25.6. The number of pyridine rings is 2. The van der Waals surface area contributed by atoms with Crippen LogP contribution in [0.25, 0.3) is 56.2 Å². The average Bonchev–Trinajstić information content (AvgIpc) is 3.48. The van der Waals surface area contributed by atoms with Gasteiger partial charge in [-0.05, 0) is 105 Å². The third-order valence-corrected chi connectivity index (χ3v) is 15.4. The van der Waals surface area contributed by atoms with E-state index in [-0.39, 0.29) is 11.8 Å². The zero-order valence-corrected chi connectivity index (χ0v) is 40.6. The third kappa shape index (κ3) is 7.80. The average molecular weight is 949 g/mol. The molecule has 0 saturated heterocycles. The van der Waals surface area contributed by atoms with E-state index in [1.165, 1.54) is 0 Å². The van der Waals surface area contributed by atoms with Gasteiger partial charge in [-0.25, -0.2) is 20.0 Å². The molecule has 6 heteroatoms. The molecule has 4 atom stereocenters. The molecule has 0 spiro atoms. The highest BCUT2D eigenvalue weighted by molar-refractivity contribution is 6.10. The maximum Gasteiger partial charge on any atom is 0.0997 e. The van der Waals surface area contributed by atoms with Crippen molar-refractivity contribution < 1.29 is 0 Å². The number of hydrogen-bond acceptors (Lipinski definition) is 6. The van der Waals surface area contributed by atoms with Gasteiger partial charge < -0.3 is 0 Å². The maximum absolute atomic E-state index is 11.5. The second-order valence-corrected chi connectivity index (χ2v) is 19.5. The molecule has 0 saturated carbocycles. The van der Waals surface area contributed by atoms with Crippen LogP contribution in [0.1, 0.15) is 69.4 Å². The summed E-state index contributed by atoms with van der Waals surface area (Å²) < 4.78 is 0. The van der Waals surface area contributed by atoms with E-state index >= 15 is 0 Å². The zero-order valence-electron chi connectivity index (χ0n) is 40.6. The predicted octanol–water partition coefficient (Wildman–Crippen LogP) is 15.3. The van der Waals surface area contributed by atoms with Gasteiger partial charge in [-0.2, -0.15) is 10.5 Å². The molecule has 13 rings (SSSR count). The van der Waals surface area contributed by atoms with Crippen molar-refractivity contribution in [1.82, 2.24) is 9.97 Å². The van der Waals surface area contributed by atoms with E-state index < -0.39 is 11.8 Å². The van der Waals surface area contributed by atoms with Crippen LogP contribution in [0, 0.1) is 34.5 Å². The Labute approximate surface area is 431 Å². The topological polar surface area (TPSA) is 98.1 Å². The van der Waals surface area contributed by atoms with Crippen molar-refractivity contribution in [2.45, 2.75) is 37.5 Å². The Morgan fingerprint density at radius 3 is 1.04 bits per heavy atom. The van der Waals surface area contributed by atoms with E-state index in [4.69, 9.17) is 20.0 Å². The van der Waals surface area contributed by atoms with Crippen LogP contribution in [-0.2, 0) is 12.8 Å². The Hall–Kier alpha value is -9.36. The molecule has 0 bridgehead atoms. The zero-order chi connectivity index (χ0) is 49.5. The van der Waals surface area contributed by atoms with E-state index in [9.17, 15) is 10.5 Å². The minimum absolute atomic E-state index is 0.339. The van der Waals surface area contributed by atoms with Crippen molar-refractivity contribution >= 4 is 22.8 Å². The van der Waals surface area contributed by atoms with Crippen LogP contribution in [0.3, 0.4) is 0 Å². The molecular weight excluding hydrogens is 901 g/mol. The molecule has 4 aliphatic rings. The number of aromatic nitrogens is 2. The van der Waals surface area contributed by atoms with E-state index in [0.717, 1.165) is 136 Å². The minimum atomic E-state index is -0.591. The molecule has 6 nitrogen and oxygen atoms in total. The number of hydrogen-bond donors (Lipinski definition) is 0. The Morgan fingerprint density at radius 1 is 0.351 bits per heavy atom. The highest BCUT2D eigenvalue weighted by Crippen LogP contribution is 2.53. The van der Waals surface area contributed by atoms with Gasteiger partial charge in [-0.15, -0.1) is 0 Å². The molecule has 2 aromatic heterocycles. The normalized spacial score (nSPS) is 18.6. The number of allylic oxidation sites excluding steroid dienone is 2. The lowest BCUT2D eigenvalue weighted by Gasteiger charge is -2.37. The number of nitrogens with zero attached hydrogens (tertiary/aromatic N) is 6. The Balaban J connectivity index is 1.02. The summed E-state index contributed by atoms with van der Waals surface area (Å²) in [6, 6.07) is 81.1. The summed E-state index contributed by atoms with van der Waals surface area (Å²) >= 11 is 0. The second kappa shape index (κ2) is 19.0. The van der Waals surface area contributed by atoms with E-state index in [1.54, 1.807) is 0 Å². The van der Waals surface area contributed by atoms with Crippen LogP contribution in [-0.4, -0.2) is 21.4 Å². The van der Waals surface area contributed by atoms with Crippen LogP contribution in [0.15, 0.2) is 240 Å². The molecular formula is C68H48N6. The molecule has 0 amide bonds. The van der Waals surface area contributed by atoms with Crippen molar-refractivity contribution in [3.63, 3.8) is 0 Å². The smallest absolute Gasteiger partial charge is 0.0997 e. The van der Waals surface area contributed by atoms with Crippen LogP contribution in [0.4, 0.5) is 0 Å². The van der Waals surface area contributed by atoms with Gasteiger partial charge in [0, 0.05) is 23.0 Å². The Bertz CT molecular complexity index is 3600. The summed E-state index contributed by atoms with van der Waals surface area (Å²) in [5, 5.41) is 23.0. The molecule has 350 valence electrons. The van der Waals surface area contributed by atoms with Gasteiger partial charge in [-0.1, -0.05) is 206 Å².